The normalized spacial score (nSPS) is 13.4. The van der Waals surface area contributed by atoms with Crippen LogP contribution in [0.3, 0.4) is 0 Å². The molecule has 0 aromatic heterocycles. The zero-order valence-corrected chi connectivity index (χ0v) is 13.5. The van der Waals surface area contributed by atoms with Gasteiger partial charge < -0.3 is 14.8 Å². The molecule has 0 bridgehead atoms. The SMILES string of the molecule is COC[C@@](C)(NC(=O)Cc1ccc(Cl)cc1Cl)C(=O)OC. The van der Waals surface area contributed by atoms with Gasteiger partial charge in [0.25, 0.3) is 0 Å². The van der Waals surface area contributed by atoms with E-state index >= 15 is 0 Å². The van der Waals surface area contributed by atoms with Gasteiger partial charge in [-0.2, -0.15) is 0 Å². The highest BCUT2D eigenvalue weighted by Gasteiger charge is 2.36. The zero-order chi connectivity index (χ0) is 16.0. The fourth-order valence-corrected chi connectivity index (χ4v) is 2.33. The molecule has 0 heterocycles. The Hall–Kier alpha value is -1.30. The molecule has 1 N–H and O–H groups in total. The maximum Gasteiger partial charge on any atom is 0.333 e. The monoisotopic (exact) mass is 333 g/mol. The van der Waals surface area contributed by atoms with E-state index in [1.807, 2.05) is 0 Å². The molecule has 1 amide bonds. The molecule has 0 aliphatic carbocycles. The van der Waals surface area contributed by atoms with Crippen LogP contribution < -0.4 is 5.32 Å². The number of rotatable bonds is 6. The first-order valence-corrected chi connectivity index (χ1v) is 6.90. The lowest BCUT2D eigenvalue weighted by atomic mass is 10.0. The van der Waals surface area contributed by atoms with E-state index in [4.69, 9.17) is 27.9 Å². The second-order valence-corrected chi connectivity index (χ2v) is 5.56. The highest BCUT2D eigenvalue weighted by atomic mass is 35.5. The minimum absolute atomic E-state index is 0.000235. The Morgan fingerprint density at radius 3 is 2.48 bits per heavy atom. The van der Waals surface area contributed by atoms with E-state index in [-0.39, 0.29) is 18.9 Å². The standard InChI is InChI=1S/C14H17Cl2NO4/c1-14(8-20-2,13(19)21-3)17-12(18)6-9-4-5-10(15)7-11(9)16/h4-5,7H,6,8H2,1-3H3,(H,17,18)/t14-/m1/s1. The molecule has 0 spiro atoms. The maximum absolute atomic E-state index is 12.1. The summed E-state index contributed by atoms with van der Waals surface area (Å²) in [5.41, 5.74) is -0.636. The van der Waals surface area contributed by atoms with Crippen LogP contribution in [0.4, 0.5) is 0 Å². The summed E-state index contributed by atoms with van der Waals surface area (Å²) in [6, 6.07) is 4.86. The van der Waals surface area contributed by atoms with E-state index in [2.05, 4.69) is 10.1 Å². The Morgan fingerprint density at radius 1 is 1.29 bits per heavy atom. The second-order valence-electron chi connectivity index (χ2n) is 4.72. The number of esters is 1. The smallest absolute Gasteiger partial charge is 0.333 e. The summed E-state index contributed by atoms with van der Waals surface area (Å²) in [6.07, 6.45) is 0.0201. The lowest BCUT2D eigenvalue weighted by molar-refractivity contribution is -0.152. The Bertz CT molecular complexity index is 536. The molecule has 0 aliphatic heterocycles. The minimum Gasteiger partial charge on any atom is -0.467 e. The van der Waals surface area contributed by atoms with Crippen LogP contribution in [0.25, 0.3) is 0 Å². The van der Waals surface area contributed by atoms with Gasteiger partial charge in [0.2, 0.25) is 5.91 Å². The summed E-state index contributed by atoms with van der Waals surface area (Å²) < 4.78 is 9.64. The van der Waals surface area contributed by atoms with Gasteiger partial charge in [-0.25, -0.2) is 4.79 Å². The minimum atomic E-state index is -1.25. The summed E-state index contributed by atoms with van der Waals surface area (Å²) in [4.78, 5) is 23.9. The van der Waals surface area contributed by atoms with Crippen molar-refractivity contribution in [1.82, 2.24) is 5.32 Å². The molecule has 21 heavy (non-hydrogen) atoms. The van der Waals surface area contributed by atoms with Gasteiger partial charge >= 0.3 is 5.97 Å². The highest BCUT2D eigenvalue weighted by Crippen LogP contribution is 2.21. The largest absolute Gasteiger partial charge is 0.467 e. The molecular weight excluding hydrogens is 317 g/mol. The number of hydrogen-bond acceptors (Lipinski definition) is 4. The van der Waals surface area contributed by atoms with Gasteiger partial charge in [0.05, 0.1) is 20.1 Å². The predicted molar refractivity (Wildman–Crippen MR) is 80.6 cm³/mol. The van der Waals surface area contributed by atoms with Crippen molar-refractivity contribution in [2.75, 3.05) is 20.8 Å². The van der Waals surface area contributed by atoms with Crippen molar-refractivity contribution in [3.8, 4) is 0 Å². The molecule has 0 saturated carbocycles. The molecule has 7 heteroatoms. The molecule has 1 atom stereocenters. The number of halogens is 2. The van der Waals surface area contributed by atoms with E-state index < -0.39 is 11.5 Å². The molecule has 0 fully saturated rings. The summed E-state index contributed by atoms with van der Waals surface area (Å²) in [7, 11) is 2.68. The average Bonchev–Trinajstić information content (AvgIpc) is 2.41. The number of ether oxygens (including phenoxy) is 2. The van der Waals surface area contributed by atoms with Crippen LogP contribution >= 0.6 is 23.2 Å². The van der Waals surface area contributed by atoms with Crippen LogP contribution in [-0.2, 0) is 25.5 Å². The summed E-state index contributed by atoms with van der Waals surface area (Å²) in [5, 5.41) is 3.49. The second kappa shape index (κ2) is 7.64. The number of hydrogen-bond donors (Lipinski definition) is 1. The quantitative estimate of drug-likeness (QED) is 0.811. The Kier molecular flexibility index (Phi) is 6.45. The van der Waals surface area contributed by atoms with Gasteiger partial charge in [0, 0.05) is 17.2 Å². The maximum atomic E-state index is 12.1. The first-order chi connectivity index (χ1) is 9.82. The van der Waals surface area contributed by atoms with Gasteiger partial charge in [-0.15, -0.1) is 0 Å². The molecule has 0 radical (unpaired) electrons. The van der Waals surface area contributed by atoms with Crippen LogP contribution in [0.5, 0.6) is 0 Å². The van der Waals surface area contributed by atoms with E-state index in [9.17, 15) is 9.59 Å². The topological polar surface area (TPSA) is 64.6 Å². The van der Waals surface area contributed by atoms with E-state index in [1.165, 1.54) is 21.1 Å². The number of benzene rings is 1. The molecule has 1 aromatic rings. The predicted octanol–water partition coefficient (Wildman–Crippen LogP) is 2.23. The average molecular weight is 334 g/mol. The summed E-state index contributed by atoms with van der Waals surface area (Å²) in [6.45, 7) is 1.53. The van der Waals surface area contributed by atoms with E-state index in [0.29, 0.717) is 15.6 Å². The third kappa shape index (κ3) is 4.88. The molecule has 0 unspecified atom stereocenters. The molecule has 1 aromatic carbocycles. The number of amides is 1. The molecule has 0 aliphatic rings. The van der Waals surface area contributed by atoms with Crippen molar-refractivity contribution >= 4 is 35.1 Å². The van der Waals surface area contributed by atoms with Crippen LogP contribution in [-0.4, -0.2) is 38.2 Å². The number of carbonyl (C=O) groups excluding carboxylic acids is 2. The summed E-state index contributed by atoms with van der Waals surface area (Å²) in [5.74, 6) is -0.955. The molecule has 116 valence electrons. The Balaban J connectivity index is 2.81. The van der Waals surface area contributed by atoms with Crippen molar-refractivity contribution in [2.45, 2.75) is 18.9 Å². The molecule has 1 rings (SSSR count). The van der Waals surface area contributed by atoms with Crippen molar-refractivity contribution < 1.29 is 19.1 Å². The van der Waals surface area contributed by atoms with Crippen LogP contribution in [0.1, 0.15) is 12.5 Å². The van der Waals surface area contributed by atoms with Crippen molar-refractivity contribution in [2.24, 2.45) is 0 Å². The van der Waals surface area contributed by atoms with Crippen molar-refractivity contribution in [3.63, 3.8) is 0 Å². The lowest BCUT2D eigenvalue weighted by Gasteiger charge is -2.27. The van der Waals surface area contributed by atoms with Gasteiger partial charge in [0.15, 0.2) is 5.54 Å². The van der Waals surface area contributed by atoms with E-state index in [1.54, 1.807) is 18.2 Å². The summed E-state index contributed by atoms with van der Waals surface area (Å²) >= 11 is 11.8. The highest BCUT2D eigenvalue weighted by molar-refractivity contribution is 6.35. The molecule has 5 nitrogen and oxygen atoms in total. The van der Waals surface area contributed by atoms with Crippen molar-refractivity contribution in [3.05, 3.63) is 33.8 Å². The number of methoxy groups -OCH3 is 2. The van der Waals surface area contributed by atoms with Crippen LogP contribution in [0.2, 0.25) is 10.0 Å². The fraction of sp³-hybridized carbons (Fsp3) is 0.429. The third-order valence-corrected chi connectivity index (χ3v) is 3.44. The molecular formula is C14H17Cl2NO4. The third-order valence-electron chi connectivity index (χ3n) is 2.85. The fourth-order valence-electron chi connectivity index (χ4n) is 1.85. The number of carbonyl (C=O) groups is 2. The van der Waals surface area contributed by atoms with Gasteiger partial charge in [-0.3, -0.25) is 4.79 Å². The first kappa shape index (κ1) is 17.8. The zero-order valence-electron chi connectivity index (χ0n) is 12.0. The number of nitrogens with one attached hydrogen (secondary N) is 1. The molecule has 0 saturated heterocycles. The van der Waals surface area contributed by atoms with Crippen LogP contribution in [0, 0.1) is 0 Å². The van der Waals surface area contributed by atoms with Crippen molar-refractivity contribution in [1.29, 1.82) is 0 Å². The van der Waals surface area contributed by atoms with Gasteiger partial charge in [-0.05, 0) is 24.6 Å². The van der Waals surface area contributed by atoms with Gasteiger partial charge in [0.1, 0.15) is 0 Å². The Labute approximate surface area is 133 Å². The Morgan fingerprint density at radius 2 is 1.95 bits per heavy atom. The first-order valence-electron chi connectivity index (χ1n) is 6.14. The van der Waals surface area contributed by atoms with Crippen LogP contribution in [0.15, 0.2) is 18.2 Å². The van der Waals surface area contributed by atoms with Gasteiger partial charge in [-0.1, -0.05) is 29.3 Å². The lowest BCUT2D eigenvalue weighted by Crippen LogP contribution is -2.56. The van der Waals surface area contributed by atoms with E-state index in [0.717, 1.165) is 0 Å².